The van der Waals surface area contributed by atoms with Gasteiger partial charge in [0.05, 0.1) is 14.2 Å². The number of ether oxygens (including phenoxy) is 2. The van der Waals surface area contributed by atoms with E-state index in [1.54, 1.807) is 20.3 Å². The second-order valence-corrected chi connectivity index (χ2v) is 6.98. The normalized spacial score (nSPS) is 14.6. The van der Waals surface area contributed by atoms with E-state index >= 15 is 0 Å². The number of likely N-dealkylation sites (tertiary alicyclic amines) is 1. The number of hydrogen-bond donors (Lipinski definition) is 0. The lowest BCUT2D eigenvalue weighted by Gasteiger charge is -2.30. The number of benzene rings is 2. The summed E-state index contributed by atoms with van der Waals surface area (Å²) in [6, 6.07) is 14.8. The van der Waals surface area contributed by atoms with Crippen LogP contribution in [0.3, 0.4) is 0 Å². The van der Waals surface area contributed by atoms with E-state index in [0.29, 0.717) is 36.1 Å². The summed E-state index contributed by atoms with van der Waals surface area (Å²) < 4.78 is 15.9. The van der Waals surface area contributed by atoms with Crippen molar-refractivity contribution in [2.45, 2.75) is 18.8 Å². The summed E-state index contributed by atoms with van der Waals surface area (Å²) in [7, 11) is 3.23. The Hall–Kier alpha value is -3.35. The first-order valence-corrected chi connectivity index (χ1v) is 9.59. The highest BCUT2D eigenvalue weighted by Crippen LogP contribution is 2.29. The van der Waals surface area contributed by atoms with Gasteiger partial charge in [-0.3, -0.25) is 4.79 Å². The van der Waals surface area contributed by atoms with Crippen molar-refractivity contribution >= 4 is 5.91 Å². The molecule has 2 aromatic carbocycles. The van der Waals surface area contributed by atoms with Gasteiger partial charge in [-0.2, -0.15) is 4.98 Å². The second-order valence-electron chi connectivity index (χ2n) is 6.98. The molecule has 1 fully saturated rings. The van der Waals surface area contributed by atoms with E-state index in [1.807, 2.05) is 47.4 Å². The molecule has 0 aliphatic carbocycles. The van der Waals surface area contributed by atoms with Crippen LogP contribution in [0.15, 0.2) is 53.1 Å². The third-order valence-electron chi connectivity index (χ3n) is 5.24. The maximum Gasteiger partial charge on any atom is 0.253 e. The predicted octanol–water partition coefficient (Wildman–Crippen LogP) is 3.77. The summed E-state index contributed by atoms with van der Waals surface area (Å²) >= 11 is 0. The molecule has 1 aliphatic rings. The molecule has 0 N–H and O–H groups in total. The molecule has 150 valence electrons. The van der Waals surface area contributed by atoms with Crippen LogP contribution in [-0.2, 0) is 0 Å². The first-order chi connectivity index (χ1) is 14.2. The van der Waals surface area contributed by atoms with Gasteiger partial charge >= 0.3 is 0 Å². The van der Waals surface area contributed by atoms with Crippen LogP contribution >= 0.6 is 0 Å². The third-order valence-corrected chi connectivity index (χ3v) is 5.24. The molecule has 0 saturated carbocycles. The summed E-state index contributed by atoms with van der Waals surface area (Å²) in [5, 5.41) is 4.12. The third kappa shape index (κ3) is 4.08. The van der Waals surface area contributed by atoms with Crippen LogP contribution in [0.2, 0.25) is 0 Å². The molecule has 0 bridgehead atoms. The minimum atomic E-state index is 0.0202. The molecule has 7 heteroatoms. The molecule has 3 aromatic rings. The fraction of sp³-hybridized carbons (Fsp3) is 0.318. The second kappa shape index (κ2) is 8.34. The number of carbonyl (C=O) groups excluding carboxylic acids is 1. The van der Waals surface area contributed by atoms with Crippen molar-refractivity contribution in [1.29, 1.82) is 0 Å². The Morgan fingerprint density at radius 3 is 2.45 bits per heavy atom. The van der Waals surface area contributed by atoms with Gasteiger partial charge in [0.1, 0.15) is 11.5 Å². The molecule has 0 atom stereocenters. The van der Waals surface area contributed by atoms with Gasteiger partial charge in [-0.1, -0.05) is 11.2 Å². The molecule has 4 rings (SSSR count). The number of nitrogens with zero attached hydrogens (tertiary/aromatic N) is 3. The molecule has 29 heavy (non-hydrogen) atoms. The monoisotopic (exact) mass is 393 g/mol. The standard InChI is InChI=1S/C22H23N3O4/c1-27-18-8-6-15(7-9-18)20-23-21(29-24-20)16-10-12-25(13-11-16)22(26)17-4-3-5-19(14-17)28-2/h3-9,14,16H,10-13H2,1-2H3. The molecule has 2 heterocycles. The molecular weight excluding hydrogens is 370 g/mol. The van der Waals surface area contributed by atoms with Gasteiger partial charge < -0.3 is 18.9 Å². The maximum absolute atomic E-state index is 12.8. The fourth-order valence-electron chi connectivity index (χ4n) is 3.53. The lowest BCUT2D eigenvalue weighted by atomic mass is 9.96. The number of amides is 1. The van der Waals surface area contributed by atoms with Crippen molar-refractivity contribution in [2.75, 3.05) is 27.3 Å². The first kappa shape index (κ1) is 19.0. The Morgan fingerprint density at radius 2 is 1.76 bits per heavy atom. The van der Waals surface area contributed by atoms with E-state index in [2.05, 4.69) is 10.1 Å². The molecule has 1 amide bonds. The number of piperidine rings is 1. The van der Waals surface area contributed by atoms with E-state index in [1.165, 1.54) is 0 Å². The number of aromatic nitrogens is 2. The van der Waals surface area contributed by atoms with Crippen LogP contribution in [0.4, 0.5) is 0 Å². The lowest BCUT2D eigenvalue weighted by molar-refractivity contribution is 0.0704. The largest absolute Gasteiger partial charge is 0.497 e. The molecule has 1 saturated heterocycles. The minimum absolute atomic E-state index is 0.0202. The van der Waals surface area contributed by atoms with Gasteiger partial charge in [-0.05, 0) is 55.3 Å². The van der Waals surface area contributed by atoms with E-state index in [4.69, 9.17) is 14.0 Å². The Bertz CT molecular complexity index is 976. The van der Waals surface area contributed by atoms with Crippen LogP contribution < -0.4 is 9.47 Å². The van der Waals surface area contributed by atoms with Crippen LogP contribution in [0.1, 0.15) is 35.0 Å². The van der Waals surface area contributed by atoms with Gasteiger partial charge in [0.2, 0.25) is 11.7 Å². The highest BCUT2D eigenvalue weighted by atomic mass is 16.5. The van der Waals surface area contributed by atoms with E-state index in [0.717, 1.165) is 24.2 Å². The predicted molar refractivity (Wildman–Crippen MR) is 107 cm³/mol. The van der Waals surface area contributed by atoms with E-state index < -0.39 is 0 Å². The molecule has 0 unspecified atom stereocenters. The quantitative estimate of drug-likeness (QED) is 0.657. The molecule has 1 aromatic heterocycles. The lowest BCUT2D eigenvalue weighted by Crippen LogP contribution is -2.38. The SMILES string of the molecule is COc1ccc(-c2noc(C3CCN(C(=O)c4cccc(OC)c4)CC3)n2)cc1. The Kier molecular flexibility index (Phi) is 5.46. The summed E-state index contributed by atoms with van der Waals surface area (Å²) in [5.41, 5.74) is 1.52. The van der Waals surface area contributed by atoms with Gasteiger partial charge in [0.15, 0.2) is 0 Å². The zero-order valence-electron chi connectivity index (χ0n) is 16.5. The molecule has 7 nitrogen and oxygen atoms in total. The number of rotatable bonds is 5. The van der Waals surface area contributed by atoms with Gasteiger partial charge in [0, 0.05) is 30.1 Å². The number of carbonyl (C=O) groups is 1. The zero-order valence-corrected chi connectivity index (χ0v) is 16.5. The maximum atomic E-state index is 12.8. The highest BCUT2D eigenvalue weighted by Gasteiger charge is 2.28. The number of methoxy groups -OCH3 is 2. The van der Waals surface area contributed by atoms with Crippen LogP contribution in [0.25, 0.3) is 11.4 Å². The van der Waals surface area contributed by atoms with Crippen LogP contribution in [0.5, 0.6) is 11.5 Å². The van der Waals surface area contributed by atoms with Crippen molar-refractivity contribution in [2.24, 2.45) is 0 Å². The summed E-state index contributed by atoms with van der Waals surface area (Å²) in [6.45, 7) is 1.31. The van der Waals surface area contributed by atoms with Crippen LogP contribution in [0, 0.1) is 0 Å². The smallest absolute Gasteiger partial charge is 0.253 e. The minimum Gasteiger partial charge on any atom is -0.497 e. The average molecular weight is 393 g/mol. The van der Waals surface area contributed by atoms with Gasteiger partial charge in [0.25, 0.3) is 5.91 Å². The summed E-state index contributed by atoms with van der Waals surface area (Å²) in [5.74, 6) is 2.84. The highest BCUT2D eigenvalue weighted by molar-refractivity contribution is 5.94. The zero-order chi connectivity index (χ0) is 20.2. The van der Waals surface area contributed by atoms with Crippen molar-refractivity contribution in [3.63, 3.8) is 0 Å². The number of hydrogen-bond acceptors (Lipinski definition) is 6. The van der Waals surface area contributed by atoms with Gasteiger partial charge in [-0.25, -0.2) is 0 Å². The Labute approximate surface area is 169 Å². The topological polar surface area (TPSA) is 77.7 Å². The molecular formula is C22H23N3O4. The molecule has 0 spiro atoms. The van der Waals surface area contributed by atoms with Crippen molar-refractivity contribution in [3.8, 4) is 22.9 Å². The fourth-order valence-corrected chi connectivity index (χ4v) is 3.53. The molecule has 1 aliphatic heterocycles. The van der Waals surface area contributed by atoms with Crippen molar-refractivity contribution < 1.29 is 18.8 Å². The summed E-state index contributed by atoms with van der Waals surface area (Å²) in [4.78, 5) is 19.2. The van der Waals surface area contributed by atoms with Crippen molar-refractivity contribution in [1.82, 2.24) is 15.0 Å². The summed E-state index contributed by atoms with van der Waals surface area (Å²) in [6.07, 6.45) is 1.58. The van der Waals surface area contributed by atoms with Crippen molar-refractivity contribution in [3.05, 3.63) is 60.0 Å². The van der Waals surface area contributed by atoms with Gasteiger partial charge in [-0.15, -0.1) is 0 Å². The molecule has 0 radical (unpaired) electrons. The van der Waals surface area contributed by atoms with E-state index in [-0.39, 0.29) is 11.8 Å². The average Bonchev–Trinajstić information content (AvgIpc) is 3.29. The van der Waals surface area contributed by atoms with Crippen LogP contribution in [-0.4, -0.2) is 48.3 Å². The van der Waals surface area contributed by atoms with E-state index in [9.17, 15) is 4.79 Å². The Morgan fingerprint density at radius 1 is 1.03 bits per heavy atom. The first-order valence-electron chi connectivity index (χ1n) is 9.59. The Balaban J connectivity index is 1.39.